The van der Waals surface area contributed by atoms with Crippen LogP contribution in [0.2, 0.25) is 0 Å². The number of nitrogens with zero attached hydrogens (tertiary/aromatic N) is 2. The first kappa shape index (κ1) is 18.0. The lowest BCUT2D eigenvalue weighted by Gasteiger charge is -2.37. The highest BCUT2D eigenvalue weighted by Gasteiger charge is 2.43. The fraction of sp³-hybridized carbons (Fsp3) is 0.550. The van der Waals surface area contributed by atoms with E-state index in [1.165, 1.54) is 25.7 Å². The normalized spacial score (nSPS) is 23.2. The quantitative estimate of drug-likeness (QED) is 0.779. The van der Waals surface area contributed by atoms with E-state index in [4.69, 9.17) is 5.26 Å². The predicted molar refractivity (Wildman–Crippen MR) is 91.3 cm³/mol. The Kier molecular flexibility index (Phi) is 5.99. The summed E-state index contributed by atoms with van der Waals surface area (Å²) in [6.45, 7) is 2.19. The average molecular weight is 324 g/mol. The highest BCUT2D eigenvalue weighted by molar-refractivity contribution is 5.82. The van der Waals surface area contributed by atoms with Crippen molar-refractivity contribution >= 4 is 5.97 Å². The molecule has 4 nitrogen and oxygen atoms in total. The molecule has 0 heterocycles. The minimum absolute atomic E-state index is 0.265. The van der Waals surface area contributed by atoms with Crippen molar-refractivity contribution in [2.24, 2.45) is 5.92 Å². The van der Waals surface area contributed by atoms with Gasteiger partial charge in [-0.15, -0.1) is 0 Å². The van der Waals surface area contributed by atoms with Gasteiger partial charge in [0, 0.05) is 0 Å². The Bertz CT molecular complexity index is 674. The van der Waals surface area contributed by atoms with Crippen LogP contribution in [0.4, 0.5) is 0 Å². The highest BCUT2D eigenvalue weighted by Crippen LogP contribution is 2.43. The Hall–Kier alpha value is -2.33. The lowest BCUT2D eigenvalue weighted by molar-refractivity contribution is -0.145. The third-order valence-corrected chi connectivity index (χ3v) is 5.40. The number of aliphatic carboxylic acids is 1. The van der Waals surface area contributed by atoms with E-state index in [9.17, 15) is 15.2 Å². The second-order valence-corrected chi connectivity index (χ2v) is 6.81. The van der Waals surface area contributed by atoms with Crippen molar-refractivity contribution < 1.29 is 9.90 Å². The summed E-state index contributed by atoms with van der Waals surface area (Å²) in [7, 11) is 0. The lowest BCUT2D eigenvalue weighted by atomic mass is 9.65. The number of carboxylic acid groups (broad SMARTS) is 1. The van der Waals surface area contributed by atoms with Gasteiger partial charge in [0.25, 0.3) is 0 Å². The van der Waals surface area contributed by atoms with Crippen LogP contribution in [0.15, 0.2) is 18.2 Å². The minimum atomic E-state index is -0.916. The van der Waals surface area contributed by atoms with E-state index in [1.54, 1.807) is 18.2 Å². The van der Waals surface area contributed by atoms with Crippen LogP contribution in [0.5, 0.6) is 0 Å². The van der Waals surface area contributed by atoms with Gasteiger partial charge < -0.3 is 5.11 Å². The number of unbranched alkanes of at least 4 members (excludes halogenated alkanes) is 2. The van der Waals surface area contributed by atoms with Gasteiger partial charge in [0.1, 0.15) is 12.1 Å². The maximum absolute atomic E-state index is 12.0. The summed E-state index contributed by atoms with van der Waals surface area (Å²) in [5.41, 5.74) is 0.314. The first-order valence-corrected chi connectivity index (χ1v) is 8.75. The molecule has 0 spiro atoms. The first-order chi connectivity index (χ1) is 11.6. The largest absolute Gasteiger partial charge is 0.481 e. The topological polar surface area (TPSA) is 84.9 Å². The molecule has 0 radical (unpaired) electrons. The van der Waals surface area contributed by atoms with Crippen LogP contribution in [-0.2, 0) is 10.2 Å². The van der Waals surface area contributed by atoms with Crippen LogP contribution >= 0.6 is 0 Å². The predicted octanol–water partition coefficient (Wildman–Crippen LogP) is 4.52. The van der Waals surface area contributed by atoms with Gasteiger partial charge in [0.2, 0.25) is 0 Å². The van der Waals surface area contributed by atoms with Crippen LogP contribution in [0.1, 0.15) is 75.0 Å². The fourth-order valence-corrected chi connectivity index (χ4v) is 3.80. The Morgan fingerprint density at radius 3 is 2.42 bits per heavy atom. The number of carbonyl (C=O) groups is 1. The van der Waals surface area contributed by atoms with Gasteiger partial charge in [0.05, 0.1) is 16.5 Å². The zero-order valence-electron chi connectivity index (χ0n) is 14.2. The van der Waals surface area contributed by atoms with Crippen LogP contribution in [0.3, 0.4) is 0 Å². The van der Waals surface area contributed by atoms with Crippen molar-refractivity contribution in [3.63, 3.8) is 0 Å². The molecular formula is C20H24N2O2. The lowest BCUT2D eigenvalue weighted by Crippen LogP contribution is -2.39. The molecule has 0 atom stereocenters. The molecule has 0 aromatic heterocycles. The molecule has 0 saturated heterocycles. The van der Waals surface area contributed by atoms with Gasteiger partial charge >= 0.3 is 5.97 Å². The molecule has 24 heavy (non-hydrogen) atoms. The zero-order valence-corrected chi connectivity index (χ0v) is 14.2. The summed E-state index contributed by atoms with van der Waals surface area (Å²) in [6, 6.07) is 8.88. The molecule has 126 valence electrons. The zero-order chi connectivity index (χ0) is 17.6. The fourth-order valence-electron chi connectivity index (χ4n) is 3.80. The van der Waals surface area contributed by atoms with Gasteiger partial charge in [-0.2, -0.15) is 10.5 Å². The van der Waals surface area contributed by atoms with Crippen molar-refractivity contribution in [1.82, 2.24) is 0 Å². The monoisotopic (exact) mass is 324 g/mol. The molecule has 1 aromatic rings. The molecule has 0 bridgehead atoms. The Morgan fingerprint density at radius 1 is 1.21 bits per heavy atom. The van der Waals surface area contributed by atoms with E-state index in [2.05, 4.69) is 6.92 Å². The Labute approximate surface area is 143 Å². The summed E-state index contributed by atoms with van der Waals surface area (Å²) in [6.07, 6.45) is 7.88. The maximum Gasteiger partial charge on any atom is 0.314 e. The van der Waals surface area contributed by atoms with Crippen molar-refractivity contribution in [3.05, 3.63) is 34.9 Å². The van der Waals surface area contributed by atoms with Crippen LogP contribution in [0.25, 0.3) is 0 Å². The summed E-state index contributed by atoms with van der Waals surface area (Å²) in [5, 5.41) is 28.1. The molecule has 1 saturated carbocycles. The summed E-state index contributed by atoms with van der Waals surface area (Å²) in [5.74, 6) is -0.207. The molecule has 0 aliphatic heterocycles. The molecule has 0 amide bonds. The number of hydrogen-bond acceptors (Lipinski definition) is 3. The van der Waals surface area contributed by atoms with Crippen molar-refractivity contribution in [3.8, 4) is 12.1 Å². The van der Waals surface area contributed by atoms with E-state index in [0.29, 0.717) is 29.9 Å². The van der Waals surface area contributed by atoms with E-state index >= 15 is 0 Å². The van der Waals surface area contributed by atoms with E-state index in [-0.39, 0.29) is 5.56 Å². The SMILES string of the molecule is CCCCCC1CCC(C(=O)O)(c2ccc(C#N)c(C#N)c2)CC1. The number of carboxylic acids is 1. The average Bonchev–Trinajstić information content (AvgIpc) is 2.61. The number of benzene rings is 1. The molecular weight excluding hydrogens is 300 g/mol. The second-order valence-electron chi connectivity index (χ2n) is 6.81. The molecule has 1 aromatic carbocycles. The molecule has 1 aliphatic rings. The number of hydrogen-bond donors (Lipinski definition) is 1. The van der Waals surface area contributed by atoms with Crippen molar-refractivity contribution in [2.45, 2.75) is 63.7 Å². The van der Waals surface area contributed by atoms with Crippen LogP contribution < -0.4 is 0 Å². The van der Waals surface area contributed by atoms with Crippen LogP contribution in [0, 0.1) is 28.6 Å². The van der Waals surface area contributed by atoms with Gasteiger partial charge in [-0.1, -0.05) is 38.7 Å². The Balaban J connectivity index is 2.21. The molecule has 1 fully saturated rings. The van der Waals surface area contributed by atoms with Crippen molar-refractivity contribution in [2.75, 3.05) is 0 Å². The number of rotatable bonds is 6. The highest BCUT2D eigenvalue weighted by atomic mass is 16.4. The standard InChI is InChI=1S/C20H24N2O2/c1-2-3-4-5-15-8-10-20(11-9-15,19(23)24)18-7-6-16(13-21)17(12-18)14-22/h6-7,12,15H,2-5,8-11H2,1H3,(H,23,24). The molecule has 0 unspecified atom stereocenters. The first-order valence-electron chi connectivity index (χ1n) is 8.75. The van der Waals surface area contributed by atoms with E-state index in [1.807, 2.05) is 12.1 Å². The molecule has 4 heteroatoms. The van der Waals surface area contributed by atoms with E-state index in [0.717, 1.165) is 12.8 Å². The third-order valence-electron chi connectivity index (χ3n) is 5.40. The Morgan fingerprint density at radius 2 is 1.88 bits per heavy atom. The molecule has 1 N–H and O–H groups in total. The van der Waals surface area contributed by atoms with Gasteiger partial charge in [0.15, 0.2) is 0 Å². The maximum atomic E-state index is 12.0. The summed E-state index contributed by atoms with van der Waals surface area (Å²) in [4.78, 5) is 12.0. The summed E-state index contributed by atoms with van der Waals surface area (Å²) < 4.78 is 0. The van der Waals surface area contributed by atoms with Gasteiger partial charge in [-0.25, -0.2) is 0 Å². The van der Waals surface area contributed by atoms with Gasteiger partial charge in [-0.3, -0.25) is 4.79 Å². The molecule has 1 aliphatic carbocycles. The summed E-state index contributed by atoms with van der Waals surface area (Å²) >= 11 is 0. The van der Waals surface area contributed by atoms with Crippen LogP contribution in [-0.4, -0.2) is 11.1 Å². The molecule has 2 rings (SSSR count). The minimum Gasteiger partial charge on any atom is -0.481 e. The second kappa shape index (κ2) is 7.97. The van der Waals surface area contributed by atoms with Crippen molar-refractivity contribution in [1.29, 1.82) is 10.5 Å². The van der Waals surface area contributed by atoms with Gasteiger partial charge in [-0.05, 0) is 49.3 Å². The smallest absolute Gasteiger partial charge is 0.314 e. The van der Waals surface area contributed by atoms with E-state index < -0.39 is 11.4 Å². The third kappa shape index (κ3) is 3.60. The number of nitriles is 2.